The first kappa shape index (κ1) is 11.5. The third kappa shape index (κ3) is 1.99. The molecular weight excluding hydrogens is 208 g/mol. The molecule has 4 rings (SSSR count). The van der Waals surface area contributed by atoms with Gasteiger partial charge in [0.25, 0.3) is 0 Å². The minimum atomic E-state index is 0.588. The minimum absolute atomic E-state index is 0.588. The summed E-state index contributed by atoms with van der Waals surface area (Å²) in [6.07, 6.45) is 9.58. The van der Waals surface area contributed by atoms with Crippen molar-refractivity contribution in [3.8, 4) is 6.07 Å². The van der Waals surface area contributed by atoms with E-state index in [1.165, 1.54) is 38.5 Å². The zero-order valence-corrected chi connectivity index (χ0v) is 10.9. The van der Waals surface area contributed by atoms with Gasteiger partial charge in [-0.3, -0.25) is 0 Å². The van der Waals surface area contributed by atoms with Crippen molar-refractivity contribution in [2.24, 2.45) is 23.2 Å². The largest absolute Gasteiger partial charge is 0.313 e. The predicted molar refractivity (Wildman–Crippen MR) is 68.3 cm³/mol. The van der Waals surface area contributed by atoms with E-state index < -0.39 is 0 Å². The molecule has 0 aromatic heterocycles. The zero-order chi connectivity index (χ0) is 11.9. The number of nitrogens with one attached hydrogen (secondary N) is 1. The fraction of sp³-hybridized carbons (Fsp3) is 0.933. The molecule has 0 aromatic carbocycles. The molecule has 1 N–H and O–H groups in total. The fourth-order valence-electron chi connectivity index (χ4n) is 5.27. The maximum atomic E-state index is 8.62. The molecule has 0 saturated heterocycles. The maximum Gasteiger partial charge on any atom is 0.0635 e. The Hall–Kier alpha value is -0.550. The third-order valence-corrected chi connectivity index (χ3v) is 5.69. The number of hydrogen-bond acceptors (Lipinski definition) is 2. The molecular formula is C15H24N2. The molecule has 94 valence electrons. The molecule has 0 aliphatic heterocycles. The van der Waals surface area contributed by atoms with E-state index in [-0.39, 0.29) is 0 Å². The molecule has 0 radical (unpaired) electrons. The highest BCUT2D eigenvalue weighted by atomic mass is 14.9. The van der Waals surface area contributed by atoms with E-state index in [9.17, 15) is 0 Å². The van der Waals surface area contributed by atoms with Crippen molar-refractivity contribution in [2.45, 2.75) is 57.9 Å². The van der Waals surface area contributed by atoms with Crippen molar-refractivity contribution in [1.82, 2.24) is 5.32 Å². The Morgan fingerprint density at radius 3 is 2.18 bits per heavy atom. The second kappa shape index (κ2) is 4.28. The van der Waals surface area contributed by atoms with Gasteiger partial charge in [0.15, 0.2) is 0 Å². The quantitative estimate of drug-likeness (QED) is 0.756. The van der Waals surface area contributed by atoms with Crippen LogP contribution in [0.2, 0.25) is 0 Å². The Kier molecular flexibility index (Phi) is 2.91. The van der Waals surface area contributed by atoms with Gasteiger partial charge in [0.2, 0.25) is 0 Å². The summed E-state index contributed by atoms with van der Waals surface area (Å²) in [5.74, 6) is 3.09. The summed E-state index contributed by atoms with van der Waals surface area (Å²) in [4.78, 5) is 0. The molecule has 4 fully saturated rings. The SMILES string of the molecule is CC(NCCC#N)C12CC3CC(CC(C3)C1)C2. The van der Waals surface area contributed by atoms with E-state index in [0.29, 0.717) is 17.9 Å². The number of hydrogen-bond donors (Lipinski definition) is 1. The number of nitriles is 1. The normalized spacial score (nSPS) is 44.6. The molecule has 4 aliphatic carbocycles. The van der Waals surface area contributed by atoms with Gasteiger partial charge in [-0.1, -0.05) is 0 Å². The molecule has 4 aliphatic rings. The first-order valence-electron chi connectivity index (χ1n) is 7.32. The second-order valence-corrected chi connectivity index (χ2v) is 6.86. The Morgan fingerprint density at radius 1 is 1.18 bits per heavy atom. The standard InChI is InChI=1S/C15H24N2/c1-11(17-4-2-3-16)15-8-12-5-13(9-15)7-14(6-12)10-15/h11-14,17H,2,4-10H2,1H3. The fourth-order valence-corrected chi connectivity index (χ4v) is 5.27. The maximum absolute atomic E-state index is 8.62. The van der Waals surface area contributed by atoms with E-state index in [1.54, 1.807) is 0 Å². The van der Waals surface area contributed by atoms with Crippen LogP contribution in [-0.2, 0) is 0 Å². The summed E-state index contributed by atoms with van der Waals surface area (Å²) in [6, 6.07) is 2.85. The predicted octanol–water partition coefficient (Wildman–Crippen LogP) is 3.09. The van der Waals surface area contributed by atoms with Crippen LogP contribution in [0.5, 0.6) is 0 Å². The Bertz CT molecular complexity index is 293. The summed E-state index contributed by atoms with van der Waals surface area (Å²) in [7, 11) is 0. The molecule has 0 spiro atoms. The lowest BCUT2D eigenvalue weighted by atomic mass is 9.48. The third-order valence-electron chi connectivity index (χ3n) is 5.69. The molecule has 2 heteroatoms. The van der Waals surface area contributed by atoms with E-state index in [2.05, 4.69) is 18.3 Å². The van der Waals surface area contributed by atoms with Gasteiger partial charge in [0.05, 0.1) is 6.07 Å². The van der Waals surface area contributed by atoms with E-state index in [0.717, 1.165) is 24.3 Å². The van der Waals surface area contributed by atoms with Crippen LogP contribution in [0.3, 0.4) is 0 Å². The van der Waals surface area contributed by atoms with Crippen LogP contribution in [0.25, 0.3) is 0 Å². The lowest BCUT2D eigenvalue weighted by Gasteiger charge is -2.59. The van der Waals surface area contributed by atoms with Gasteiger partial charge in [0.1, 0.15) is 0 Å². The first-order valence-corrected chi connectivity index (χ1v) is 7.32. The van der Waals surface area contributed by atoms with Crippen LogP contribution < -0.4 is 5.32 Å². The zero-order valence-electron chi connectivity index (χ0n) is 10.9. The smallest absolute Gasteiger partial charge is 0.0635 e. The van der Waals surface area contributed by atoms with Crippen LogP contribution in [-0.4, -0.2) is 12.6 Å². The lowest BCUT2D eigenvalue weighted by molar-refractivity contribution is -0.0701. The summed E-state index contributed by atoms with van der Waals surface area (Å²) < 4.78 is 0. The van der Waals surface area contributed by atoms with Gasteiger partial charge in [-0.05, 0) is 68.6 Å². The molecule has 0 amide bonds. The minimum Gasteiger partial charge on any atom is -0.313 e. The van der Waals surface area contributed by atoms with Crippen molar-refractivity contribution < 1.29 is 0 Å². The van der Waals surface area contributed by atoms with Gasteiger partial charge in [-0.15, -0.1) is 0 Å². The average Bonchev–Trinajstić information content (AvgIpc) is 2.27. The van der Waals surface area contributed by atoms with Crippen molar-refractivity contribution in [2.75, 3.05) is 6.54 Å². The van der Waals surface area contributed by atoms with Crippen LogP contribution in [0.4, 0.5) is 0 Å². The van der Waals surface area contributed by atoms with Gasteiger partial charge in [-0.25, -0.2) is 0 Å². The highest BCUT2D eigenvalue weighted by Gasteiger charge is 2.52. The van der Waals surface area contributed by atoms with E-state index in [1.807, 2.05) is 0 Å². The second-order valence-electron chi connectivity index (χ2n) is 6.86. The van der Waals surface area contributed by atoms with Gasteiger partial charge in [0, 0.05) is 19.0 Å². The molecule has 0 aromatic rings. The summed E-state index contributed by atoms with van der Waals surface area (Å²) in [5, 5.41) is 12.2. The van der Waals surface area contributed by atoms with E-state index >= 15 is 0 Å². The summed E-state index contributed by atoms with van der Waals surface area (Å²) in [5.41, 5.74) is 0.588. The topological polar surface area (TPSA) is 35.8 Å². The Balaban J connectivity index is 1.67. The van der Waals surface area contributed by atoms with Gasteiger partial charge in [-0.2, -0.15) is 5.26 Å². The Morgan fingerprint density at radius 2 is 1.71 bits per heavy atom. The van der Waals surface area contributed by atoms with Crippen molar-refractivity contribution in [1.29, 1.82) is 5.26 Å². The first-order chi connectivity index (χ1) is 8.22. The molecule has 4 bridgehead atoms. The molecule has 1 unspecified atom stereocenters. The van der Waals surface area contributed by atoms with Crippen LogP contribution >= 0.6 is 0 Å². The molecule has 1 atom stereocenters. The van der Waals surface area contributed by atoms with Gasteiger partial charge < -0.3 is 5.32 Å². The number of nitrogens with zero attached hydrogens (tertiary/aromatic N) is 1. The van der Waals surface area contributed by atoms with Crippen molar-refractivity contribution in [3.05, 3.63) is 0 Å². The monoisotopic (exact) mass is 232 g/mol. The highest BCUT2D eigenvalue weighted by Crippen LogP contribution is 2.61. The summed E-state index contributed by atoms with van der Waals surface area (Å²) in [6.45, 7) is 3.24. The summed E-state index contributed by atoms with van der Waals surface area (Å²) >= 11 is 0. The van der Waals surface area contributed by atoms with E-state index in [4.69, 9.17) is 5.26 Å². The van der Waals surface area contributed by atoms with Crippen molar-refractivity contribution >= 4 is 0 Å². The molecule has 17 heavy (non-hydrogen) atoms. The molecule has 4 saturated carbocycles. The van der Waals surface area contributed by atoms with Crippen LogP contribution in [0.15, 0.2) is 0 Å². The number of rotatable bonds is 4. The lowest BCUT2D eigenvalue weighted by Crippen LogP contribution is -2.54. The molecule has 0 heterocycles. The van der Waals surface area contributed by atoms with Gasteiger partial charge >= 0.3 is 0 Å². The van der Waals surface area contributed by atoms with Crippen molar-refractivity contribution in [3.63, 3.8) is 0 Å². The Labute approximate surface area is 105 Å². The highest BCUT2D eigenvalue weighted by molar-refractivity contribution is 5.05. The molecule has 2 nitrogen and oxygen atoms in total. The average molecular weight is 232 g/mol. The van der Waals surface area contributed by atoms with Crippen LogP contribution in [0, 0.1) is 34.5 Å². The van der Waals surface area contributed by atoms with Crippen LogP contribution in [0.1, 0.15) is 51.9 Å².